The molecule has 114 valence electrons. The summed E-state index contributed by atoms with van der Waals surface area (Å²) in [7, 11) is 0. The van der Waals surface area contributed by atoms with Crippen LogP contribution in [-0.2, 0) is 4.79 Å². The molecule has 1 aliphatic heterocycles. The second kappa shape index (κ2) is 6.45. The number of hydrogen-bond donors (Lipinski definition) is 2. The molecule has 1 aromatic carbocycles. The molecule has 1 saturated heterocycles. The molecule has 6 heteroatoms. The van der Waals surface area contributed by atoms with E-state index < -0.39 is 5.60 Å². The highest BCUT2D eigenvalue weighted by molar-refractivity contribution is 6.30. The number of benzene rings is 1. The van der Waals surface area contributed by atoms with Crippen LogP contribution in [0.5, 0.6) is 0 Å². The quantitative estimate of drug-likeness (QED) is 0.887. The Kier molecular flexibility index (Phi) is 4.85. The Morgan fingerprint density at radius 2 is 2.24 bits per heavy atom. The summed E-state index contributed by atoms with van der Waals surface area (Å²) in [6.45, 7) is 2.55. The molecule has 1 heterocycles. The Morgan fingerprint density at radius 1 is 1.48 bits per heavy atom. The SMILES string of the molecule is CC1(O)CCCN(C(=O)CNC(=O)c2cccc(Cl)c2)C1. The van der Waals surface area contributed by atoms with Crippen molar-refractivity contribution in [3.8, 4) is 0 Å². The van der Waals surface area contributed by atoms with Gasteiger partial charge in [-0.25, -0.2) is 0 Å². The van der Waals surface area contributed by atoms with Crippen LogP contribution in [0.15, 0.2) is 24.3 Å². The summed E-state index contributed by atoms with van der Waals surface area (Å²) in [5.74, 6) is -0.528. The van der Waals surface area contributed by atoms with E-state index in [0.29, 0.717) is 30.1 Å². The Balaban J connectivity index is 1.88. The van der Waals surface area contributed by atoms with Crippen LogP contribution >= 0.6 is 11.6 Å². The number of nitrogens with one attached hydrogen (secondary N) is 1. The largest absolute Gasteiger partial charge is 0.388 e. The van der Waals surface area contributed by atoms with Crippen LogP contribution in [0.4, 0.5) is 0 Å². The fraction of sp³-hybridized carbons (Fsp3) is 0.467. The molecule has 0 bridgehead atoms. The van der Waals surface area contributed by atoms with Gasteiger partial charge in [0.15, 0.2) is 0 Å². The zero-order valence-corrected chi connectivity index (χ0v) is 12.7. The molecule has 2 N–H and O–H groups in total. The summed E-state index contributed by atoms with van der Waals surface area (Å²) in [6.07, 6.45) is 1.45. The molecule has 5 nitrogen and oxygen atoms in total. The summed E-state index contributed by atoms with van der Waals surface area (Å²) in [4.78, 5) is 25.6. The van der Waals surface area contributed by atoms with E-state index in [2.05, 4.69) is 5.32 Å². The molecule has 0 aliphatic carbocycles. The first-order chi connectivity index (χ1) is 9.87. The van der Waals surface area contributed by atoms with Crippen LogP contribution in [0.2, 0.25) is 5.02 Å². The molecule has 1 fully saturated rings. The van der Waals surface area contributed by atoms with E-state index >= 15 is 0 Å². The van der Waals surface area contributed by atoms with Gasteiger partial charge in [0.05, 0.1) is 12.1 Å². The number of amides is 2. The predicted octanol–water partition coefficient (Wildman–Crippen LogP) is 1.44. The van der Waals surface area contributed by atoms with E-state index in [1.165, 1.54) is 0 Å². The number of carbonyl (C=O) groups excluding carboxylic acids is 2. The van der Waals surface area contributed by atoms with Gasteiger partial charge in [-0.1, -0.05) is 17.7 Å². The maximum Gasteiger partial charge on any atom is 0.251 e. The number of carbonyl (C=O) groups is 2. The van der Waals surface area contributed by atoms with Gasteiger partial charge in [-0.15, -0.1) is 0 Å². The van der Waals surface area contributed by atoms with Crippen LogP contribution in [0.3, 0.4) is 0 Å². The minimum Gasteiger partial charge on any atom is -0.388 e. The van der Waals surface area contributed by atoms with E-state index in [1.807, 2.05) is 0 Å². The lowest BCUT2D eigenvalue weighted by atomic mass is 9.95. The fourth-order valence-electron chi connectivity index (χ4n) is 2.43. The van der Waals surface area contributed by atoms with E-state index in [9.17, 15) is 14.7 Å². The second-order valence-corrected chi connectivity index (χ2v) is 6.05. The van der Waals surface area contributed by atoms with Crippen molar-refractivity contribution in [2.45, 2.75) is 25.4 Å². The van der Waals surface area contributed by atoms with Gasteiger partial charge in [0, 0.05) is 23.7 Å². The molecule has 21 heavy (non-hydrogen) atoms. The zero-order chi connectivity index (χ0) is 15.5. The van der Waals surface area contributed by atoms with Gasteiger partial charge in [0.25, 0.3) is 5.91 Å². The first-order valence-corrected chi connectivity index (χ1v) is 7.29. The lowest BCUT2D eigenvalue weighted by molar-refractivity contribution is -0.136. The summed E-state index contributed by atoms with van der Waals surface area (Å²) < 4.78 is 0. The topological polar surface area (TPSA) is 69.6 Å². The number of aliphatic hydroxyl groups is 1. The Labute approximate surface area is 128 Å². The van der Waals surface area contributed by atoms with Gasteiger partial charge >= 0.3 is 0 Å². The van der Waals surface area contributed by atoms with Gasteiger partial charge in [0.2, 0.25) is 5.91 Å². The van der Waals surface area contributed by atoms with Crippen molar-refractivity contribution in [1.29, 1.82) is 0 Å². The van der Waals surface area contributed by atoms with E-state index in [4.69, 9.17) is 11.6 Å². The van der Waals surface area contributed by atoms with Crippen molar-refractivity contribution >= 4 is 23.4 Å². The number of hydrogen-bond acceptors (Lipinski definition) is 3. The molecule has 1 atom stereocenters. The molecule has 0 saturated carbocycles. The van der Waals surface area contributed by atoms with E-state index in [1.54, 1.807) is 36.1 Å². The van der Waals surface area contributed by atoms with Crippen LogP contribution in [0.25, 0.3) is 0 Å². The molecular formula is C15H19ClN2O3. The van der Waals surface area contributed by atoms with Crippen LogP contribution in [0.1, 0.15) is 30.1 Å². The average Bonchev–Trinajstić information content (AvgIpc) is 2.43. The third-order valence-electron chi connectivity index (χ3n) is 3.51. The minimum absolute atomic E-state index is 0.0819. The van der Waals surface area contributed by atoms with E-state index in [-0.39, 0.29) is 18.4 Å². The normalized spacial score (nSPS) is 22.0. The average molecular weight is 311 g/mol. The molecule has 0 aromatic heterocycles. The predicted molar refractivity (Wildman–Crippen MR) is 80.2 cm³/mol. The van der Waals surface area contributed by atoms with Gasteiger partial charge < -0.3 is 15.3 Å². The maximum absolute atomic E-state index is 12.1. The number of nitrogens with zero attached hydrogens (tertiary/aromatic N) is 1. The lowest BCUT2D eigenvalue weighted by Crippen LogP contribution is -2.51. The summed E-state index contributed by atoms with van der Waals surface area (Å²) in [5.41, 5.74) is -0.425. The second-order valence-electron chi connectivity index (χ2n) is 5.61. The van der Waals surface area contributed by atoms with Crippen molar-refractivity contribution in [2.24, 2.45) is 0 Å². The number of piperidine rings is 1. The van der Waals surface area contributed by atoms with Crippen LogP contribution < -0.4 is 5.32 Å². The molecule has 2 amide bonds. The van der Waals surface area contributed by atoms with Gasteiger partial charge in [-0.2, -0.15) is 0 Å². The van der Waals surface area contributed by atoms with Crippen molar-refractivity contribution in [3.05, 3.63) is 34.9 Å². The number of rotatable bonds is 3. The van der Waals surface area contributed by atoms with Gasteiger partial charge in [-0.3, -0.25) is 9.59 Å². The summed E-state index contributed by atoms with van der Waals surface area (Å²) in [5, 5.41) is 13.0. The Morgan fingerprint density at radius 3 is 2.90 bits per heavy atom. The van der Waals surface area contributed by atoms with E-state index in [0.717, 1.165) is 6.42 Å². The Bertz CT molecular complexity index is 545. The highest BCUT2D eigenvalue weighted by atomic mass is 35.5. The highest BCUT2D eigenvalue weighted by Gasteiger charge is 2.30. The molecule has 2 rings (SSSR count). The fourth-order valence-corrected chi connectivity index (χ4v) is 2.62. The smallest absolute Gasteiger partial charge is 0.251 e. The van der Waals surface area contributed by atoms with Gasteiger partial charge in [-0.05, 0) is 38.0 Å². The standard InChI is InChI=1S/C15H19ClN2O3/c1-15(21)6-3-7-18(10-15)13(19)9-17-14(20)11-4-2-5-12(16)8-11/h2,4-5,8,21H,3,6-7,9-10H2,1H3,(H,17,20). The monoisotopic (exact) mass is 310 g/mol. The molecular weight excluding hydrogens is 292 g/mol. The van der Waals surface area contributed by atoms with Crippen molar-refractivity contribution in [2.75, 3.05) is 19.6 Å². The van der Waals surface area contributed by atoms with Crippen LogP contribution in [0, 0.1) is 0 Å². The van der Waals surface area contributed by atoms with Crippen molar-refractivity contribution in [3.63, 3.8) is 0 Å². The lowest BCUT2D eigenvalue weighted by Gasteiger charge is -2.36. The van der Waals surface area contributed by atoms with Crippen molar-refractivity contribution < 1.29 is 14.7 Å². The third-order valence-corrected chi connectivity index (χ3v) is 3.75. The first-order valence-electron chi connectivity index (χ1n) is 6.91. The zero-order valence-electron chi connectivity index (χ0n) is 11.9. The summed E-state index contributed by atoms with van der Waals surface area (Å²) >= 11 is 5.82. The minimum atomic E-state index is -0.842. The molecule has 0 spiro atoms. The molecule has 1 aliphatic rings. The maximum atomic E-state index is 12.1. The number of β-amino-alcohol motifs (C(OH)–C–C–N with tert-alkyl or cyclic N) is 1. The molecule has 0 radical (unpaired) electrons. The Hall–Kier alpha value is -1.59. The molecule has 1 unspecified atom stereocenters. The number of likely N-dealkylation sites (tertiary alicyclic amines) is 1. The first kappa shape index (κ1) is 15.8. The van der Waals surface area contributed by atoms with Crippen molar-refractivity contribution in [1.82, 2.24) is 10.2 Å². The number of halogens is 1. The third kappa shape index (κ3) is 4.44. The van der Waals surface area contributed by atoms with Gasteiger partial charge in [0.1, 0.15) is 0 Å². The van der Waals surface area contributed by atoms with Crippen LogP contribution in [-0.4, -0.2) is 47.1 Å². The highest BCUT2D eigenvalue weighted by Crippen LogP contribution is 2.20. The summed E-state index contributed by atoms with van der Waals surface area (Å²) in [6, 6.07) is 6.55. The molecule has 1 aromatic rings.